The number of carbonyl (C=O) groups is 1. The lowest BCUT2D eigenvalue weighted by Crippen LogP contribution is -2.28. The Morgan fingerprint density at radius 1 is 0.958 bits per heavy atom. The maximum absolute atomic E-state index is 12.1. The number of carbonyl (C=O) groups excluding carboxylic acids is 1. The predicted octanol–water partition coefficient (Wildman–Crippen LogP) is 2.93. The van der Waals surface area contributed by atoms with Gasteiger partial charge >= 0.3 is 0 Å². The van der Waals surface area contributed by atoms with E-state index in [2.05, 4.69) is 27.6 Å². The number of hydrogen-bond acceptors (Lipinski definition) is 3. The Kier molecular flexibility index (Phi) is 4.52. The molecule has 0 fully saturated rings. The van der Waals surface area contributed by atoms with E-state index in [-0.39, 0.29) is 23.2 Å². The van der Waals surface area contributed by atoms with Crippen LogP contribution in [0.4, 0.5) is 0 Å². The molecule has 0 aliphatic carbocycles. The smallest absolute Gasteiger partial charge is 0.272 e. The van der Waals surface area contributed by atoms with E-state index in [1.54, 1.807) is 0 Å². The number of nitrogens with one attached hydrogen (secondary N) is 2. The summed E-state index contributed by atoms with van der Waals surface area (Å²) in [5, 5.41) is 8.85. The molecule has 0 saturated heterocycles. The maximum atomic E-state index is 12.1. The molecule has 2 N–H and O–H groups in total. The van der Waals surface area contributed by atoms with Crippen LogP contribution in [-0.4, -0.2) is 16.1 Å². The largest absolute Gasteiger partial charge is 0.344 e. The van der Waals surface area contributed by atoms with Crippen LogP contribution in [0.1, 0.15) is 29.0 Å². The normalized spacial score (nSPS) is 11.7. The molecule has 120 valence electrons. The van der Waals surface area contributed by atoms with Gasteiger partial charge in [0.2, 0.25) is 0 Å². The molecule has 5 nitrogen and oxygen atoms in total. The van der Waals surface area contributed by atoms with Gasteiger partial charge in [0.15, 0.2) is 0 Å². The van der Waals surface area contributed by atoms with Crippen LogP contribution < -0.4 is 10.9 Å². The zero-order valence-corrected chi connectivity index (χ0v) is 13.2. The molecule has 1 aromatic heterocycles. The molecule has 1 heterocycles. The molecule has 0 aliphatic rings. The molecule has 5 heteroatoms. The van der Waals surface area contributed by atoms with Gasteiger partial charge in [0.25, 0.3) is 11.5 Å². The Bertz CT molecular complexity index is 866. The number of aromatic amines is 1. The quantitative estimate of drug-likeness (QED) is 0.776. The molecular weight excluding hydrogens is 302 g/mol. The van der Waals surface area contributed by atoms with Crippen LogP contribution in [0.5, 0.6) is 0 Å². The highest BCUT2D eigenvalue weighted by Crippen LogP contribution is 2.21. The zero-order chi connectivity index (χ0) is 16.9. The average molecular weight is 319 g/mol. The lowest BCUT2D eigenvalue weighted by molar-refractivity contribution is 0.0933. The number of hydrogen-bond donors (Lipinski definition) is 2. The Morgan fingerprint density at radius 2 is 1.62 bits per heavy atom. The van der Waals surface area contributed by atoms with Crippen molar-refractivity contribution in [2.45, 2.75) is 13.0 Å². The lowest BCUT2D eigenvalue weighted by atomic mass is 10.0. The molecule has 0 unspecified atom stereocenters. The molecule has 2 aromatic carbocycles. The Labute approximate surface area is 139 Å². The summed E-state index contributed by atoms with van der Waals surface area (Å²) in [6.07, 6.45) is 0. The minimum atomic E-state index is -0.337. The molecule has 0 radical (unpaired) electrons. The van der Waals surface area contributed by atoms with Crippen LogP contribution in [0.25, 0.3) is 11.1 Å². The van der Waals surface area contributed by atoms with Crippen molar-refractivity contribution in [3.63, 3.8) is 0 Å². The molecule has 24 heavy (non-hydrogen) atoms. The average Bonchev–Trinajstić information content (AvgIpc) is 2.63. The molecule has 0 aliphatic heterocycles. The standard InChI is InChI=1S/C19H17N3O2/c1-13(20-19(24)17-11-12-18(23)22-21-17)14-7-9-16(10-8-14)15-5-3-2-4-6-15/h2-13H,1H3,(H,20,24)(H,22,23)/t13-/m1/s1. The Balaban J connectivity index is 1.71. The molecule has 0 saturated carbocycles. The van der Waals surface area contributed by atoms with E-state index in [1.165, 1.54) is 12.1 Å². The molecule has 3 rings (SSSR count). The van der Waals surface area contributed by atoms with Gasteiger partial charge in [0.1, 0.15) is 5.69 Å². The van der Waals surface area contributed by atoms with Crippen molar-refractivity contribution in [2.24, 2.45) is 0 Å². The monoisotopic (exact) mass is 319 g/mol. The van der Waals surface area contributed by atoms with Crippen LogP contribution in [-0.2, 0) is 0 Å². The van der Waals surface area contributed by atoms with Crippen molar-refractivity contribution in [3.05, 3.63) is 88.3 Å². The van der Waals surface area contributed by atoms with Crippen LogP contribution >= 0.6 is 0 Å². The third-order valence-corrected chi connectivity index (χ3v) is 3.78. The molecule has 3 aromatic rings. The fraction of sp³-hybridized carbons (Fsp3) is 0.105. The van der Waals surface area contributed by atoms with Gasteiger partial charge in [-0.15, -0.1) is 0 Å². The van der Waals surface area contributed by atoms with Crippen molar-refractivity contribution < 1.29 is 4.79 Å². The third-order valence-electron chi connectivity index (χ3n) is 3.78. The summed E-state index contributed by atoms with van der Waals surface area (Å²) < 4.78 is 0. The summed E-state index contributed by atoms with van der Waals surface area (Å²) in [5.41, 5.74) is 3.12. The van der Waals surface area contributed by atoms with Gasteiger partial charge in [-0.25, -0.2) is 5.10 Å². The van der Waals surface area contributed by atoms with Gasteiger partial charge in [-0.1, -0.05) is 54.6 Å². The van der Waals surface area contributed by atoms with Crippen LogP contribution in [0, 0.1) is 0 Å². The minimum Gasteiger partial charge on any atom is -0.344 e. The summed E-state index contributed by atoms with van der Waals surface area (Å²) >= 11 is 0. The number of aromatic nitrogens is 2. The number of benzene rings is 2. The summed E-state index contributed by atoms with van der Waals surface area (Å²) in [5.74, 6) is -0.328. The van der Waals surface area contributed by atoms with E-state index in [9.17, 15) is 9.59 Å². The number of rotatable bonds is 4. The Morgan fingerprint density at radius 3 is 2.25 bits per heavy atom. The van der Waals surface area contributed by atoms with Gasteiger partial charge in [0, 0.05) is 6.07 Å². The van der Waals surface area contributed by atoms with E-state index in [1.807, 2.05) is 49.4 Å². The third kappa shape index (κ3) is 3.57. The minimum absolute atomic E-state index is 0.170. The zero-order valence-electron chi connectivity index (χ0n) is 13.2. The predicted molar refractivity (Wildman–Crippen MR) is 92.6 cm³/mol. The van der Waals surface area contributed by atoms with Crippen LogP contribution in [0.15, 0.2) is 71.5 Å². The molecule has 1 atom stereocenters. The van der Waals surface area contributed by atoms with Crippen molar-refractivity contribution in [1.82, 2.24) is 15.5 Å². The van der Waals surface area contributed by atoms with E-state index in [0.29, 0.717) is 0 Å². The summed E-state index contributed by atoms with van der Waals surface area (Å²) in [6.45, 7) is 1.90. The van der Waals surface area contributed by atoms with E-state index >= 15 is 0 Å². The first-order chi connectivity index (χ1) is 11.6. The number of H-pyrrole nitrogens is 1. The second-order valence-corrected chi connectivity index (χ2v) is 5.49. The molecule has 1 amide bonds. The van der Waals surface area contributed by atoms with Crippen LogP contribution in [0.3, 0.4) is 0 Å². The van der Waals surface area contributed by atoms with Gasteiger partial charge in [-0.3, -0.25) is 9.59 Å². The van der Waals surface area contributed by atoms with Crippen molar-refractivity contribution >= 4 is 5.91 Å². The molecular formula is C19H17N3O2. The summed E-state index contributed by atoms with van der Waals surface area (Å²) in [6, 6.07) is 20.7. The van der Waals surface area contributed by atoms with Gasteiger partial charge in [0.05, 0.1) is 6.04 Å². The van der Waals surface area contributed by atoms with Crippen molar-refractivity contribution in [3.8, 4) is 11.1 Å². The van der Waals surface area contributed by atoms with Crippen LogP contribution in [0.2, 0.25) is 0 Å². The van der Waals surface area contributed by atoms with Crippen molar-refractivity contribution in [1.29, 1.82) is 0 Å². The number of nitrogens with zero attached hydrogens (tertiary/aromatic N) is 1. The molecule has 0 spiro atoms. The maximum Gasteiger partial charge on any atom is 0.272 e. The second-order valence-electron chi connectivity index (χ2n) is 5.49. The van der Waals surface area contributed by atoms with Gasteiger partial charge in [-0.05, 0) is 29.7 Å². The van der Waals surface area contributed by atoms with E-state index < -0.39 is 0 Å². The number of amides is 1. The molecule has 0 bridgehead atoms. The first-order valence-corrected chi connectivity index (χ1v) is 7.65. The summed E-state index contributed by atoms with van der Waals surface area (Å²) in [4.78, 5) is 23.1. The first-order valence-electron chi connectivity index (χ1n) is 7.65. The fourth-order valence-corrected chi connectivity index (χ4v) is 2.42. The highest BCUT2D eigenvalue weighted by Gasteiger charge is 2.12. The van der Waals surface area contributed by atoms with E-state index in [0.717, 1.165) is 16.7 Å². The SMILES string of the molecule is C[C@@H](NC(=O)c1ccc(=O)[nH]n1)c1ccc(-c2ccccc2)cc1. The van der Waals surface area contributed by atoms with Gasteiger partial charge < -0.3 is 5.32 Å². The van der Waals surface area contributed by atoms with Gasteiger partial charge in [-0.2, -0.15) is 5.10 Å². The Hall–Kier alpha value is -3.21. The first kappa shape index (κ1) is 15.7. The highest BCUT2D eigenvalue weighted by atomic mass is 16.2. The topological polar surface area (TPSA) is 74.8 Å². The fourth-order valence-electron chi connectivity index (χ4n) is 2.42. The lowest BCUT2D eigenvalue weighted by Gasteiger charge is -2.14. The van der Waals surface area contributed by atoms with E-state index in [4.69, 9.17) is 0 Å². The highest BCUT2D eigenvalue weighted by molar-refractivity contribution is 5.92. The van der Waals surface area contributed by atoms with Crippen molar-refractivity contribution in [2.75, 3.05) is 0 Å². The summed E-state index contributed by atoms with van der Waals surface area (Å²) in [7, 11) is 0. The second kappa shape index (κ2) is 6.91.